The highest BCUT2D eigenvalue weighted by molar-refractivity contribution is 7.13. The van der Waals surface area contributed by atoms with Crippen molar-refractivity contribution in [3.05, 3.63) is 47.2 Å². The first kappa shape index (κ1) is 16.9. The molecule has 0 unspecified atom stereocenters. The number of urea groups is 1. The first-order chi connectivity index (χ1) is 12.7. The van der Waals surface area contributed by atoms with Crippen molar-refractivity contribution in [3.8, 4) is 0 Å². The Morgan fingerprint density at radius 2 is 2.15 bits per heavy atom. The Hall–Kier alpha value is -2.54. The molecule has 6 nitrogen and oxygen atoms in total. The highest BCUT2D eigenvalue weighted by Gasteiger charge is 2.21. The third kappa shape index (κ3) is 3.39. The second kappa shape index (κ2) is 7.37. The van der Waals surface area contributed by atoms with Gasteiger partial charge in [-0.1, -0.05) is 18.2 Å². The zero-order valence-electron chi connectivity index (χ0n) is 14.8. The average molecular weight is 370 g/mol. The Bertz CT molecular complexity index is 890. The van der Waals surface area contributed by atoms with Crippen LogP contribution in [0.4, 0.5) is 9.93 Å². The number of hydrogen-bond acceptors (Lipinski definition) is 5. The Morgan fingerprint density at radius 1 is 1.27 bits per heavy atom. The standard InChI is InChI=1S/C19H22N4O2S/c1-14-16(15-5-2-3-6-17(15)25-14)13-21-18(24)22-8-4-9-23(11-10-22)19-20-7-12-26-19/h2-3,5-7,12H,4,8-11,13H2,1H3,(H,21,24). The van der Waals surface area contributed by atoms with Gasteiger partial charge in [-0.3, -0.25) is 0 Å². The van der Waals surface area contributed by atoms with Crippen LogP contribution >= 0.6 is 11.3 Å². The van der Waals surface area contributed by atoms with Crippen LogP contribution in [0.15, 0.2) is 40.3 Å². The summed E-state index contributed by atoms with van der Waals surface area (Å²) in [6.07, 6.45) is 2.77. The number of benzene rings is 1. The van der Waals surface area contributed by atoms with Crippen molar-refractivity contribution in [1.82, 2.24) is 15.2 Å². The second-order valence-electron chi connectivity index (χ2n) is 6.43. The molecule has 1 fully saturated rings. The number of hydrogen-bond donors (Lipinski definition) is 1. The van der Waals surface area contributed by atoms with Gasteiger partial charge >= 0.3 is 6.03 Å². The molecule has 1 aliphatic heterocycles. The molecule has 0 aliphatic carbocycles. The lowest BCUT2D eigenvalue weighted by atomic mass is 10.1. The number of aryl methyl sites for hydroxylation is 1. The van der Waals surface area contributed by atoms with Crippen LogP contribution in [0.1, 0.15) is 17.7 Å². The molecule has 1 saturated heterocycles. The predicted octanol–water partition coefficient (Wildman–Crippen LogP) is 3.62. The van der Waals surface area contributed by atoms with E-state index < -0.39 is 0 Å². The molecular weight excluding hydrogens is 348 g/mol. The van der Waals surface area contributed by atoms with Crippen molar-refractivity contribution in [2.75, 3.05) is 31.1 Å². The summed E-state index contributed by atoms with van der Waals surface area (Å²) in [6.45, 7) is 5.64. The molecule has 3 heterocycles. The molecule has 0 atom stereocenters. The molecule has 1 N–H and O–H groups in total. The van der Waals surface area contributed by atoms with Crippen molar-refractivity contribution in [1.29, 1.82) is 0 Å². The summed E-state index contributed by atoms with van der Waals surface area (Å²) in [6, 6.07) is 7.92. The van der Waals surface area contributed by atoms with E-state index in [0.29, 0.717) is 13.1 Å². The number of carbonyl (C=O) groups excluding carboxylic acids is 1. The lowest BCUT2D eigenvalue weighted by molar-refractivity contribution is 0.201. The summed E-state index contributed by atoms with van der Waals surface area (Å²) in [5, 5.41) is 7.15. The Kier molecular flexibility index (Phi) is 4.79. The number of nitrogens with one attached hydrogen (secondary N) is 1. The summed E-state index contributed by atoms with van der Waals surface area (Å²) >= 11 is 1.64. The van der Waals surface area contributed by atoms with Gasteiger partial charge in [0.15, 0.2) is 5.13 Å². The lowest BCUT2D eigenvalue weighted by Crippen LogP contribution is -2.41. The van der Waals surface area contributed by atoms with Gasteiger partial charge in [0.25, 0.3) is 0 Å². The fourth-order valence-electron chi connectivity index (χ4n) is 3.40. The number of para-hydroxylation sites is 1. The largest absolute Gasteiger partial charge is 0.461 e. The molecule has 0 saturated carbocycles. The van der Waals surface area contributed by atoms with E-state index in [1.165, 1.54) is 0 Å². The number of fused-ring (bicyclic) bond motifs is 1. The maximum absolute atomic E-state index is 12.6. The summed E-state index contributed by atoms with van der Waals surface area (Å²) in [5.41, 5.74) is 1.91. The minimum absolute atomic E-state index is 0.0179. The van der Waals surface area contributed by atoms with E-state index in [0.717, 1.165) is 53.5 Å². The van der Waals surface area contributed by atoms with E-state index in [4.69, 9.17) is 4.42 Å². The van der Waals surface area contributed by atoms with Gasteiger partial charge in [0.2, 0.25) is 0 Å². The van der Waals surface area contributed by atoms with Crippen LogP contribution in [0.3, 0.4) is 0 Å². The van der Waals surface area contributed by atoms with Crippen LogP contribution in [-0.2, 0) is 6.54 Å². The van der Waals surface area contributed by atoms with E-state index in [-0.39, 0.29) is 6.03 Å². The average Bonchev–Trinajstić information content (AvgIpc) is 3.21. The maximum Gasteiger partial charge on any atom is 0.317 e. The zero-order chi connectivity index (χ0) is 17.9. The highest BCUT2D eigenvalue weighted by atomic mass is 32.1. The van der Waals surface area contributed by atoms with Gasteiger partial charge in [0, 0.05) is 55.3 Å². The van der Waals surface area contributed by atoms with Crippen molar-refractivity contribution in [3.63, 3.8) is 0 Å². The molecule has 26 heavy (non-hydrogen) atoms. The van der Waals surface area contributed by atoms with Gasteiger partial charge in [-0.25, -0.2) is 9.78 Å². The van der Waals surface area contributed by atoms with Gasteiger partial charge < -0.3 is 19.5 Å². The van der Waals surface area contributed by atoms with Crippen molar-refractivity contribution < 1.29 is 9.21 Å². The van der Waals surface area contributed by atoms with Crippen molar-refractivity contribution in [2.24, 2.45) is 0 Å². The number of rotatable bonds is 3. The monoisotopic (exact) mass is 370 g/mol. The molecule has 2 amide bonds. The molecule has 1 aliphatic rings. The van der Waals surface area contributed by atoms with Crippen LogP contribution in [0.5, 0.6) is 0 Å². The number of anilines is 1. The highest BCUT2D eigenvalue weighted by Crippen LogP contribution is 2.25. The molecule has 0 spiro atoms. The Balaban J connectivity index is 1.38. The van der Waals surface area contributed by atoms with Crippen LogP contribution in [0, 0.1) is 6.92 Å². The summed E-state index contributed by atoms with van der Waals surface area (Å²) < 4.78 is 5.77. The van der Waals surface area contributed by atoms with Crippen molar-refractivity contribution in [2.45, 2.75) is 19.9 Å². The summed E-state index contributed by atoms with van der Waals surface area (Å²) in [5.74, 6) is 0.859. The van der Waals surface area contributed by atoms with E-state index >= 15 is 0 Å². The molecule has 7 heteroatoms. The van der Waals surface area contributed by atoms with Gasteiger partial charge in [-0.2, -0.15) is 0 Å². The first-order valence-electron chi connectivity index (χ1n) is 8.86. The molecule has 0 bridgehead atoms. The summed E-state index contributed by atoms with van der Waals surface area (Å²) in [7, 11) is 0. The van der Waals surface area contributed by atoms with E-state index in [1.807, 2.05) is 47.7 Å². The van der Waals surface area contributed by atoms with Gasteiger partial charge in [-0.15, -0.1) is 11.3 Å². The third-order valence-corrected chi connectivity index (χ3v) is 5.62. The van der Waals surface area contributed by atoms with Crippen LogP contribution in [0.2, 0.25) is 0 Å². The molecule has 1 aromatic carbocycles. The number of thiazole rings is 1. The fraction of sp³-hybridized carbons (Fsp3) is 0.368. The van der Waals surface area contributed by atoms with E-state index in [9.17, 15) is 4.79 Å². The first-order valence-corrected chi connectivity index (χ1v) is 9.74. The number of aromatic nitrogens is 1. The van der Waals surface area contributed by atoms with E-state index in [1.54, 1.807) is 11.3 Å². The molecule has 4 rings (SSSR count). The molecule has 136 valence electrons. The molecule has 3 aromatic rings. The number of carbonyl (C=O) groups is 1. The van der Waals surface area contributed by atoms with Gasteiger partial charge in [0.1, 0.15) is 11.3 Å². The minimum Gasteiger partial charge on any atom is -0.461 e. The van der Waals surface area contributed by atoms with Crippen LogP contribution in [-0.4, -0.2) is 42.1 Å². The Labute approximate surface area is 156 Å². The SMILES string of the molecule is Cc1oc2ccccc2c1CNC(=O)N1CCCN(c2nccs2)CC1. The second-order valence-corrected chi connectivity index (χ2v) is 7.31. The Morgan fingerprint density at radius 3 is 3.00 bits per heavy atom. The van der Waals surface area contributed by atoms with Gasteiger partial charge in [0.05, 0.1) is 0 Å². The third-order valence-electron chi connectivity index (χ3n) is 4.79. The topological polar surface area (TPSA) is 61.6 Å². The molecule has 2 aromatic heterocycles. The fourth-order valence-corrected chi connectivity index (χ4v) is 4.10. The predicted molar refractivity (Wildman–Crippen MR) is 104 cm³/mol. The van der Waals surface area contributed by atoms with Crippen molar-refractivity contribution >= 4 is 33.5 Å². The number of furan rings is 1. The van der Waals surface area contributed by atoms with Crippen LogP contribution in [0.25, 0.3) is 11.0 Å². The maximum atomic E-state index is 12.6. The summed E-state index contributed by atoms with van der Waals surface area (Å²) in [4.78, 5) is 21.2. The van der Waals surface area contributed by atoms with Gasteiger partial charge in [-0.05, 0) is 19.4 Å². The van der Waals surface area contributed by atoms with E-state index in [2.05, 4.69) is 15.2 Å². The molecule has 0 radical (unpaired) electrons. The molecular formula is C19H22N4O2S. The number of nitrogens with zero attached hydrogens (tertiary/aromatic N) is 3. The number of amides is 2. The normalized spacial score (nSPS) is 15.3. The lowest BCUT2D eigenvalue weighted by Gasteiger charge is -2.22. The smallest absolute Gasteiger partial charge is 0.317 e. The zero-order valence-corrected chi connectivity index (χ0v) is 15.6. The van der Waals surface area contributed by atoms with Crippen LogP contribution < -0.4 is 10.2 Å². The minimum atomic E-state index is -0.0179. The quantitative estimate of drug-likeness (QED) is 0.765.